The molecule has 1 atom stereocenters. The zero-order valence-electron chi connectivity index (χ0n) is 9.25. The van der Waals surface area contributed by atoms with E-state index in [0.717, 1.165) is 6.26 Å². The first-order valence-corrected chi connectivity index (χ1v) is 7.05. The van der Waals surface area contributed by atoms with Crippen molar-refractivity contribution in [3.63, 3.8) is 0 Å². The number of hydrogen-bond donors (Lipinski definition) is 1. The summed E-state index contributed by atoms with van der Waals surface area (Å²) in [7, 11) is 0. The summed E-state index contributed by atoms with van der Waals surface area (Å²) < 4.78 is 5.14. The fraction of sp³-hybridized carbons (Fsp3) is 0.250. The van der Waals surface area contributed by atoms with Crippen LogP contribution in [0.1, 0.15) is 22.8 Å². The Hall–Kier alpha value is -1.20. The number of aromatic hydroxyl groups is 1. The number of thiophene rings is 1. The van der Waals surface area contributed by atoms with Gasteiger partial charge in [0.05, 0.1) is 5.75 Å². The molecule has 5 heteroatoms. The van der Waals surface area contributed by atoms with Crippen LogP contribution < -0.4 is 5.43 Å². The summed E-state index contributed by atoms with van der Waals surface area (Å²) in [5.41, 5.74) is -0.393. The van der Waals surface area contributed by atoms with Crippen LogP contribution in [0.4, 0.5) is 0 Å². The molecule has 0 radical (unpaired) electrons. The molecule has 0 aliphatic rings. The van der Waals surface area contributed by atoms with Gasteiger partial charge in [-0.05, 0) is 18.4 Å². The summed E-state index contributed by atoms with van der Waals surface area (Å²) in [5.74, 6) is 0.862. The van der Waals surface area contributed by atoms with Gasteiger partial charge in [0.1, 0.15) is 12.0 Å². The van der Waals surface area contributed by atoms with Gasteiger partial charge in [-0.2, -0.15) is 0 Å². The molecule has 0 amide bonds. The van der Waals surface area contributed by atoms with Gasteiger partial charge >= 0.3 is 0 Å². The molecule has 0 bridgehead atoms. The van der Waals surface area contributed by atoms with Gasteiger partial charge < -0.3 is 9.52 Å². The Kier molecular flexibility index (Phi) is 3.91. The second kappa shape index (κ2) is 5.42. The Balaban J connectivity index is 1.98. The molecule has 0 unspecified atom stereocenters. The van der Waals surface area contributed by atoms with Crippen molar-refractivity contribution in [2.75, 3.05) is 0 Å². The van der Waals surface area contributed by atoms with Gasteiger partial charge in [0.15, 0.2) is 5.75 Å². The Bertz CT molecular complexity index is 531. The monoisotopic (exact) mass is 268 g/mol. The van der Waals surface area contributed by atoms with E-state index < -0.39 is 5.43 Å². The number of thioether (sulfide) groups is 1. The molecule has 0 aliphatic heterocycles. The minimum absolute atomic E-state index is 0.343. The molecular weight excluding hydrogens is 256 g/mol. The summed E-state index contributed by atoms with van der Waals surface area (Å²) in [6.07, 6.45) is 1.09. The number of rotatable bonds is 4. The maximum absolute atomic E-state index is 11.2. The Morgan fingerprint density at radius 1 is 1.59 bits per heavy atom. The van der Waals surface area contributed by atoms with Crippen LogP contribution >= 0.6 is 23.1 Å². The average Bonchev–Trinajstić information content (AvgIpc) is 2.84. The van der Waals surface area contributed by atoms with Crippen molar-refractivity contribution < 1.29 is 9.52 Å². The van der Waals surface area contributed by atoms with Crippen LogP contribution in [-0.4, -0.2) is 5.11 Å². The number of hydrogen-bond acceptors (Lipinski definition) is 5. The van der Waals surface area contributed by atoms with Crippen LogP contribution in [0.2, 0.25) is 0 Å². The lowest BCUT2D eigenvalue weighted by Crippen LogP contribution is -1.99. The van der Waals surface area contributed by atoms with Crippen molar-refractivity contribution in [3.8, 4) is 5.75 Å². The Morgan fingerprint density at radius 2 is 2.41 bits per heavy atom. The third-order valence-corrected chi connectivity index (χ3v) is 4.70. The summed E-state index contributed by atoms with van der Waals surface area (Å²) in [6.45, 7) is 2.12. The standard InChI is InChI=1S/C12H12O3S2/c1-8(12-3-2-4-16-12)17-7-9-5-10(13)11(14)6-15-9/h2-6,8,14H,7H2,1H3/t8-/m1/s1. The first-order chi connectivity index (χ1) is 8.16. The maximum atomic E-state index is 11.2. The van der Waals surface area contributed by atoms with E-state index in [9.17, 15) is 4.79 Å². The molecule has 0 aromatic carbocycles. The van der Waals surface area contributed by atoms with E-state index in [2.05, 4.69) is 13.0 Å². The third kappa shape index (κ3) is 3.14. The molecule has 0 fully saturated rings. The van der Waals surface area contributed by atoms with Crippen LogP contribution in [0.5, 0.6) is 5.75 Å². The first-order valence-electron chi connectivity index (χ1n) is 5.12. The van der Waals surface area contributed by atoms with E-state index in [4.69, 9.17) is 9.52 Å². The average molecular weight is 268 g/mol. The molecular formula is C12H12O3S2. The van der Waals surface area contributed by atoms with Gasteiger partial charge in [-0.25, -0.2) is 0 Å². The van der Waals surface area contributed by atoms with Gasteiger partial charge in [-0.15, -0.1) is 23.1 Å². The van der Waals surface area contributed by atoms with E-state index >= 15 is 0 Å². The summed E-state index contributed by atoms with van der Waals surface area (Å²) in [6, 6.07) is 5.45. The highest BCUT2D eigenvalue weighted by molar-refractivity contribution is 7.98. The van der Waals surface area contributed by atoms with Crippen LogP contribution in [0.3, 0.4) is 0 Å². The van der Waals surface area contributed by atoms with Crippen molar-refractivity contribution in [2.24, 2.45) is 0 Å². The lowest BCUT2D eigenvalue weighted by molar-refractivity contribution is 0.419. The van der Waals surface area contributed by atoms with Crippen molar-refractivity contribution in [1.29, 1.82) is 0 Å². The van der Waals surface area contributed by atoms with Gasteiger partial charge in [0.25, 0.3) is 0 Å². The largest absolute Gasteiger partial charge is 0.502 e. The van der Waals surface area contributed by atoms with Crippen molar-refractivity contribution >= 4 is 23.1 Å². The molecule has 0 spiro atoms. The van der Waals surface area contributed by atoms with Gasteiger partial charge in [0, 0.05) is 16.2 Å². The predicted molar refractivity (Wildman–Crippen MR) is 70.7 cm³/mol. The highest BCUT2D eigenvalue weighted by Gasteiger charge is 2.09. The summed E-state index contributed by atoms with van der Waals surface area (Å²) >= 11 is 3.42. The quantitative estimate of drug-likeness (QED) is 0.923. The highest BCUT2D eigenvalue weighted by Crippen LogP contribution is 2.33. The molecule has 90 valence electrons. The molecule has 1 N–H and O–H groups in total. The van der Waals surface area contributed by atoms with E-state index in [-0.39, 0.29) is 5.75 Å². The summed E-state index contributed by atoms with van der Waals surface area (Å²) in [4.78, 5) is 12.5. The van der Waals surface area contributed by atoms with Gasteiger partial charge in [-0.1, -0.05) is 6.07 Å². The van der Waals surface area contributed by atoms with Crippen LogP contribution in [-0.2, 0) is 5.75 Å². The van der Waals surface area contributed by atoms with E-state index in [0.29, 0.717) is 16.8 Å². The molecule has 0 saturated carbocycles. The third-order valence-electron chi connectivity index (χ3n) is 2.29. The van der Waals surface area contributed by atoms with Crippen LogP contribution in [0, 0.1) is 0 Å². The molecule has 2 heterocycles. The summed E-state index contributed by atoms with van der Waals surface area (Å²) in [5, 5.41) is 11.5. The molecule has 0 aliphatic carbocycles. The predicted octanol–water partition coefficient (Wildman–Crippen LogP) is 3.40. The normalized spacial score (nSPS) is 12.5. The molecule has 2 rings (SSSR count). The molecule has 17 heavy (non-hydrogen) atoms. The lowest BCUT2D eigenvalue weighted by Gasteiger charge is -2.08. The minimum Gasteiger partial charge on any atom is -0.502 e. The molecule has 3 nitrogen and oxygen atoms in total. The van der Waals surface area contributed by atoms with Crippen molar-refractivity contribution in [2.45, 2.75) is 17.9 Å². The lowest BCUT2D eigenvalue weighted by atomic mass is 10.4. The second-order valence-corrected chi connectivity index (χ2v) is 5.87. The fourth-order valence-electron chi connectivity index (χ4n) is 1.33. The van der Waals surface area contributed by atoms with Crippen molar-refractivity contribution in [3.05, 3.63) is 50.7 Å². The maximum Gasteiger partial charge on any atom is 0.226 e. The van der Waals surface area contributed by atoms with Crippen LogP contribution in [0.15, 0.2) is 39.1 Å². The molecule has 0 saturated heterocycles. The Labute approximate surface area is 107 Å². The fourth-order valence-corrected chi connectivity index (χ4v) is 3.17. The van der Waals surface area contributed by atoms with Crippen LogP contribution in [0.25, 0.3) is 0 Å². The van der Waals surface area contributed by atoms with E-state index in [1.807, 2.05) is 11.4 Å². The van der Waals surface area contributed by atoms with E-state index in [1.54, 1.807) is 23.1 Å². The van der Waals surface area contributed by atoms with Crippen molar-refractivity contribution in [1.82, 2.24) is 0 Å². The molecule has 2 aromatic heterocycles. The Morgan fingerprint density at radius 3 is 3.06 bits per heavy atom. The minimum atomic E-state index is -0.393. The second-order valence-electron chi connectivity index (χ2n) is 3.56. The van der Waals surface area contributed by atoms with Gasteiger partial charge in [-0.3, -0.25) is 4.79 Å². The van der Waals surface area contributed by atoms with E-state index in [1.165, 1.54) is 10.9 Å². The topological polar surface area (TPSA) is 50.4 Å². The zero-order valence-corrected chi connectivity index (χ0v) is 10.9. The first kappa shape index (κ1) is 12.3. The SMILES string of the molecule is C[C@@H](SCc1cc(=O)c(O)co1)c1cccs1. The van der Waals surface area contributed by atoms with Gasteiger partial charge in [0.2, 0.25) is 5.43 Å². The smallest absolute Gasteiger partial charge is 0.226 e. The zero-order chi connectivity index (χ0) is 12.3. The molecule has 2 aromatic rings. The highest BCUT2D eigenvalue weighted by atomic mass is 32.2.